The molecule has 0 unspecified atom stereocenters. The summed E-state index contributed by atoms with van der Waals surface area (Å²) in [5, 5.41) is 2.21. The number of thiazole rings is 1. The van der Waals surface area contributed by atoms with Gasteiger partial charge in [-0.2, -0.15) is 0 Å². The number of para-hydroxylation sites is 1. The van der Waals surface area contributed by atoms with Gasteiger partial charge in [0.1, 0.15) is 12.4 Å². The molecular formula is C20H18N4O5S2. The Bertz CT molecular complexity index is 1220. The van der Waals surface area contributed by atoms with Crippen LogP contribution >= 0.6 is 11.3 Å². The van der Waals surface area contributed by atoms with Gasteiger partial charge in [0.25, 0.3) is 10.0 Å². The van der Waals surface area contributed by atoms with E-state index in [1.54, 1.807) is 10.3 Å². The minimum Gasteiger partial charge on any atom is -0.456 e. The SMILES string of the molecule is CC(=O)N(c1ccccc1)c1nc(COC(=O)C2=CN3CCS(=O)(=O)N=C3C=C2)cs1. The van der Waals surface area contributed by atoms with Gasteiger partial charge in [0.2, 0.25) is 5.91 Å². The molecule has 0 aliphatic carbocycles. The van der Waals surface area contributed by atoms with Crippen LogP contribution in [-0.2, 0) is 31.0 Å². The highest BCUT2D eigenvalue weighted by atomic mass is 32.2. The second kappa shape index (κ2) is 8.44. The Morgan fingerprint density at radius 3 is 2.74 bits per heavy atom. The Morgan fingerprint density at radius 1 is 1.23 bits per heavy atom. The number of hydrogen-bond acceptors (Lipinski definition) is 8. The van der Waals surface area contributed by atoms with Gasteiger partial charge in [-0.25, -0.2) is 18.2 Å². The summed E-state index contributed by atoms with van der Waals surface area (Å²) in [4.78, 5) is 32.1. The van der Waals surface area contributed by atoms with Crippen molar-refractivity contribution >= 4 is 49.9 Å². The average molecular weight is 459 g/mol. The van der Waals surface area contributed by atoms with Crippen LogP contribution in [0.5, 0.6) is 0 Å². The molecule has 11 heteroatoms. The summed E-state index contributed by atoms with van der Waals surface area (Å²) in [6.45, 7) is 1.62. The van der Waals surface area contributed by atoms with Crippen LogP contribution in [-0.4, -0.2) is 48.3 Å². The van der Waals surface area contributed by atoms with E-state index in [1.807, 2.05) is 30.3 Å². The van der Waals surface area contributed by atoms with E-state index in [1.165, 1.54) is 41.5 Å². The lowest BCUT2D eigenvalue weighted by molar-refractivity contribution is -0.140. The summed E-state index contributed by atoms with van der Waals surface area (Å²) in [5.74, 6) is -0.580. The molecule has 2 aliphatic heterocycles. The van der Waals surface area contributed by atoms with Crippen molar-refractivity contribution in [1.29, 1.82) is 0 Å². The van der Waals surface area contributed by atoms with E-state index < -0.39 is 16.0 Å². The molecule has 160 valence electrons. The Hall–Kier alpha value is -3.31. The maximum Gasteiger partial charge on any atom is 0.340 e. The highest BCUT2D eigenvalue weighted by Gasteiger charge is 2.25. The molecule has 0 saturated heterocycles. The average Bonchev–Trinajstić information content (AvgIpc) is 3.20. The number of amidine groups is 1. The molecule has 4 rings (SSSR count). The van der Waals surface area contributed by atoms with Crippen LogP contribution in [0.2, 0.25) is 0 Å². The number of anilines is 2. The Balaban J connectivity index is 1.42. The Labute approximate surface area is 183 Å². The second-order valence-electron chi connectivity index (χ2n) is 6.73. The number of carbonyl (C=O) groups excluding carboxylic acids is 2. The number of nitrogens with zero attached hydrogens (tertiary/aromatic N) is 4. The summed E-state index contributed by atoms with van der Waals surface area (Å²) in [5.41, 5.74) is 1.50. The molecule has 2 aromatic rings. The maximum atomic E-state index is 12.4. The Morgan fingerprint density at radius 2 is 2.00 bits per heavy atom. The summed E-state index contributed by atoms with van der Waals surface area (Å²) < 4.78 is 32.2. The third kappa shape index (κ3) is 4.72. The number of benzene rings is 1. The van der Waals surface area contributed by atoms with Crippen LogP contribution < -0.4 is 4.90 Å². The van der Waals surface area contributed by atoms with Crippen molar-refractivity contribution in [2.24, 2.45) is 4.40 Å². The van der Waals surface area contributed by atoms with Crippen LogP contribution in [0, 0.1) is 0 Å². The first kappa shape index (κ1) is 20.9. The van der Waals surface area contributed by atoms with Crippen molar-refractivity contribution in [3.63, 3.8) is 0 Å². The van der Waals surface area contributed by atoms with Crippen molar-refractivity contribution in [2.45, 2.75) is 13.5 Å². The molecule has 0 spiro atoms. The van der Waals surface area contributed by atoms with Gasteiger partial charge in [0.05, 0.1) is 22.7 Å². The first-order valence-corrected chi connectivity index (χ1v) is 11.8. The Kier molecular flexibility index (Phi) is 5.70. The quantitative estimate of drug-likeness (QED) is 0.633. The molecule has 9 nitrogen and oxygen atoms in total. The predicted molar refractivity (Wildman–Crippen MR) is 116 cm³/mol. The minimum absolute atomic E-state index is 0.0592. The minimum atomic E-state index is -3.45. The summed E-state index contributed by atoms with van der Waals surface area (Å²) in [6, 6.07) is 9.16. The lowest BCUT2D eigenvalue weighted by atomic mass is 10.2. The third-order valence-corrected chi connectivity index (χ3v) is 6.51. The smallest absolute Gasteiger partial charge is 0.340 e. The highest BCUT2D eigenvalue weighted by Crippen LogP contribution is 2.29. The van der Waals surface area contributed by atoms with E-state index in [2.05, 4.69) is 9.38 Å². The number of fused-ring (bicyclic) bond motifs is 1. The summed E-state index contributed by atoms with van der Waals surface area (Å²) in [6.07, 6.45) is 4.46. The molecule has 0 bridgehead atoms. The number of amides is 1. The summed E-state index contributed by atoms with van der Waals surface area (Å²) in [7, 11) is -3.45. The fraction of sp³-hybridized carbons (Fsp3) is 0.200. The number of hydrogen-bond donors (Lipinski definition) is 0. The van der Waals surface area contributed by atoms with E-state index in [0.717, 1.165) is 0 Å². The number of sulfonamides is 1. The molecule has 0 atom stereocenters. The number of rotatable bonds is 5. The predicted octanol–water partition coefficient (Wildman–Crippen LogP) is 2.37. The van der Waals surface area contributed by atoms with E-state index in [9.17, 15) is 18.0 Å². The number of esters is 1. The molecular weight excluding hydrogens is 440 g/mol. The van der Waals surface area contributed by atoms with Crippen LogP contribution in [0.25, 0.3) is 0 Å². The van der Waals surface area contributed by atoms with Gasteiger partial charge >= 0.3 is 5.97 Å². The van der Waals surface area contributed by atoms with E-state index in [0.29, 0.717) is 16.5 Å². The molecule has 1 amide bonds. The first-order chi connectivity index (χ1) is 14.8. The topological polar surface area (TPSA) is 109 Å². The lowest BCUT2D eigenvalue weighted by Gasteiger charge is -2.26. The molecule has 0 fully saturated rings. The van der Waals surface area contributed by atoms with Crippen LogP contribution in [0.15, 0.2) is 64.0 Å². The number of carbonyl (C=O) groups is 2. The number of ether oxygens (including phenoxy) is 1. The van der Waals surface area contributed by atoms with Gasteiger partial charge in [-0.1, -0.05) is 18.2 Å². The van der Waals surface area contributed by atoms with Gasteiger partial charge in [0.15, 0.2) is 5.13 Å². The molecule has 1 aromatic heterocycles. The molecule has 0 radical (unpaired) electrons. The molecule has 31 heavy (non-hydrogen) atoms. The molecule has 0 saturated carbocycles. The van der Waals surface area contributed by atoms with Crippen molar-refractivity contribution in [3.05, 3.63) is 65.3 Å². The van der Waals surface area contributed by atoms with Crippen molar-refractivity contribution < 1.29 is 22.7 Å². The lowest BCUT2D eigenvalue weighted by Crippen LogP contribution is -2.37. The number of aromatic nitrogens is 1. The first-order valence-electron chi connectivity index (χ1n) is 9.29. The van der Waals surface area contributed by atoms with Crippen LogP contribution in [0.3, 0.4) is 0 Å². The maximum absolute atomic E-state index is 12.4. The monoisotopic (exact) mass is 458 g/mol. The van der Waals surface area contributed by atoms with E-state index >= 15 is 0 Å². The largest absolute Gasteiger partial charge is 0.456 e. The molecule has 3 heterocycles. The van der Waals surface area contributed by atoms with E-state index in [4.69, 9.17) is 4.74 Å². The fourth-order valence-corrected chi connectivity index (χ4v) is 4.85. The highest BCUT2D eigenvalue weighted by molar-refractivity contribution is 7.90. The molecule has 2 aliphatic rings. The normalized spacial score (nSPS) is 16.7. The second-order valence-corrected chi connectivity index (χ2v) is 9.33. The van der Waals surface area contributed by atoms with Gasteiger partial charge in [-0.05, 0) is 24.3 Å². The van der Waals surface area contributed by atoms with Gasteiger partial charge in [0, 0.05) is 25.0 Å². The zero-order valence-corrected chi connectivity index (χ0v) is 18.1. The fourth-order valence-electron chi connectivity index (χ4n) is 3.01. The zero-order valence-electron chi connectivity index (χ0n) is 16.5. The summed E-state index contributed by atoms with van der Waals surface area (Å²) >= 11 is 1.28. The van der Waals surface area contributed by atoms with Gasteiger partial charge < -0.3 is 9.64 Å². The van der Waals surface area contributed by atoms with Gasteiger partial charge in [-0.15, -0.1) is 15.7 Å². The zero-order chi connectivity index (χ0) is 22.0. The van der Waals surface area contributed by atoms with Crippen molar-refractivity contribution in [1.82, 2.24) is 9.88 Å². The van der Waals surface area contributed by atoms with Crippen molar-refractivity contribution in [2.75, 3.05) is 17.2 Å². The van der Waals surface area contributed by atoms with E-state index in [-0.39, 0.29) is 36.2 Å². The van der Waals surface area contributed by atoms with Crippen molar-refractivity contribution in [3.8, 4) is 0 Å². The van der Waals surface area contributed by atoms with Crippen LogP contribution in [0.1, 0.15) is 12.6 Å². The van der Waals surface area contributed by atoms with Gasteiger partial charge in [-0.3, -0.25) is 9.69 Å². The van der Waals surface area contributed by atoms with Crippen LogP contribution in [0.4, 0.5) is 10.8 Å². The molecule has 0 N–H and O–H groups in total. The molecule has 1 aromatic carbocycles. The standard InChI is InChI=1S/C20H18N4O5S2/c1-14(25)24(17-5-3-2-4-6-17)20-21-16(13-30-20)12-29-19(26)15-7-8-18-22-31(27,28)10-9-23(18)11-15/h2-8,11,13H,9-10,12H2,1H3. The third-order valence-electron chi connectivity index (χ3n) is 4.47.